The van der Waals surface area contributed by atoms with Gasteiger partial charge in [-0.3, -0.25) is 4.79 Å². The van der Waals surface area contributed by atoms with Gasteiger partial charge < -0.3 is 10.1 Å². The number of halogens is 1. The summed E-state index contributed by atoms with van der Waals surface area (Å²) in [5.74, 6) is 1.53. The highest BCUT2D eigenvalue weighted by atomic mass is 32.2. The number of hydrogen-bond acceptors (Lipinski definition) is 3. The number of imidazole rings is 1. The second-order valence-corrected chi connectivity index (χ2v) is 5.43. The third kappa shape index (κ3) is 4.24. The highest BCUT2D eigenvalue weighted by Gasteiger charge is 2.04. The molecule has 19 heavy (non-hydrogen) atoms. The number of carbonyl (C=O) groups is 1. The van der Waals surface area contributed by atoms with Gasteiger partial charge in [-0.2, -0.15) is 11.8 Å². The molecule has 2 N–H and O–H groups in total. The molecule has 0 aliphatic carbocycles. The fraction of sp³-hybridized carbons (Fsp3) is 0.385. The molecule has 102 valence electrons. The molecule has 0 aliphatic rings. The number of aryl methyl sites for hydroxylation is 1. The highest BCUT2D eigenvalue weighted by Crippen LogP contribution is 2.14. The van der Waals surface area contributed by atoms with E-state index < -0.39 is 5.97 Å². The summed E-state index contributed by atoms with van der Waals surface area (Å²) in [6, 6.07) is 4.49. The Morgan fingerprint density at radius 1 is 1.42 bits per heavy atom. The van der Waals surface area contributed by atoms with Crippen LogP contribution in [0, 0.1) is 5.82 Å². The lowest BCUT2D eigenvalue weighted by atomic mass is 10.3. The minimum absolute atomic E-state index is 0.219. The van der Waals surface area contributed by atoms with Crippen LogP contribution in [0.2, 0.25) is 0 Å². The first-order chi connectivity index (χ1) is 9.15. The zero-order valence-corrected chi connectivity index (χ0v) is 11.2. The van der Waals surface area contributed by atoms with E-state index >= 15 is 0 Å². The number of aromatic nitrogens is 2. The van der Waals surface area contributed by atoms with E-state index in [9.17, 15) is 9.18 Å². The Hall–Kier alpha value is -1.56. The minimum atomic E-state index is -0.750. The summed E-state index contributed by atoms with van der Waals surface area (Å²) < 4.78 is 13.0. The third-order valence-corrected chi connectivity index (χ3v) is 3.73. The lowest BCUT2D eigenvalue weighted by Gasteiger charge is -1.98. The first kappa shape index (κ1) is 13.9. The van der Waals surface area contributed by atoms with Crippen LogP contribution in [0.4, 0.5) is 4.39 Å². The normalized spacial score (nSPS) is 11.0. The molecular formula is C13H15FN2O2S. The molecule has 0 bridgehead atoms. The van der Waals surface area contributed by atoms with Gasteiger partial charge in [0.25, 0.3) is 0 Å². The van der Waals surface area contributed by atoms with Crippen LogP contribution in [0.3, 0.4) is 0 Å². The molecule has 0 unspecified atom stereocenters. The Balaban J connectivity index is 1.77. The van der Waals surface area contributed by atoms with Gasteiger partial charge in [-0.05, 0) is 30.4 Å². The van der Waals surface area contributed by atoms with Crippen LogP contribution in [-0.4, -0.2) is 32.5 Å². The van der Waals surface area contributed by atoms with Crippen molar-refractivity contribution in [1.29, 1.82) is 0 Å². The van der Waals surface area contributed by atoms with Crippen molar-refractivity contribution in [2.45, 2.75) is 19.3 Å². The first-order valence-corrected chi connectivity index (χ1v) is 7.24. The van der Waals surface area contributed by atoms with Crippen LogP contribution >= 0.6 is 11.8 Å². The molecule has 0 fully saturated rings. The van der Waals surface area contributed by atoms with E-state index in [1.807, 2.05) is 0 Å². The number of carboxylic acids is 1. The first-order valence-electron chi connectivity index (χ1n) is 6.09. The van der Waals surface area contributed by atoms with Crippen LogP contribution in [0.25, 0.3) is 11.0 Å². The topological polar surface area (TPSA) is 66.0 Å². The van der Waals surface area contributed by atoms with Crippen LogP contribution in [-0.2, 0) is 11.2 Å². The molecular weight excluding hydrogens is 267 g/mol. The van der Waals surface area contributed by atoms with E-state index in [1.165, 1.54) is 12.1 Å². The monoisotopic (exact) mass is 282 g/mol. The number of aliphatic carboxylic acids is 1. The van der Waals surface area contributed by atoms with Crippen molar-refractivity contribution in [3.05, 3.63) is 29.8 Å². The Kier molecular flexibility index (Phi) is 4.79. The summed E-state index contributed by atoms with van der Waals surface area (Å²) >= 11 is 1.71. The Labute approximate surface area is 114 Å². The molecule has 0 saturated heterocycles. The largest absolute Gasteiger partial charge is 0.481 e. The van der Waals surface area contributed by atoms with Gasteiger partial charge in [0, 0.05) is 18.6 Å². The van der Waals surface area contributed by atoms with Gasteiger partial charge >= 0.3 is 5.97 Å². The van der Waals surface area contributed by atoms with Crippen molar-refractivity contribution < 1.29 is 14.3 Å². The highest BCUT2D eigenvalue weighted by molar-refractivity contribution is 7.99. The number of H-pyrrole nitrogens is 1. The Morgan fingerprint density at radius 2 is 2.26 bits per heavy atom. The summed E-state index contributed by atoms with van der Waals surface area (Å²) in [6.07, 6.45) is 1.68. The van der Waals surface area contributed by atoms with Crippen molar-refractivity contribution in [2.75, 3.05) is 11.5 Å². The van der Waals surface area contributed by atoms with Crippen LogP contribution in [0.5, 0.6) is 0 Å². The number of aromatic amines is 1. The maximum Gasteiger partial charge on any atom is 0.303 e. The van der Waals surface area contributed by atoms with Gasteiger partial charge in [0.1, 0.15) is 11.6 Å². The average Bonchev–Trinajstić information content (AvgIpc) is 2.75. The predicted octanol–water partition coefficient (Wildman–Crippen LogP) is 2.84. The number of rotatable bonds is 7. The van der Waals surface area contributed by atoms with E-state index in [4.69, 9.17) is 5.11 Å². The van der Waals surface area contributed by atoms with Gasteiger partial charge in [-0.1, -0.05) is 0 Å². The molecule has 0 aliphatic heterocycles. The Morgan fingerprint density at radius 3 is 3.05 bits per heavy atom. The van der Waals surface area contributed by atoms with Crippen molar-refractivity contribution in [3.63, 3.8) is 0 Å². The zero-order chi connectivity index (χ0) is 13.7. The lowest BCUT2D eigenvalue weighted by molar-refractivity contribution is -0.137. The standard InChI is InChI=1S/C13H15FN2O2S/c14-9-3-4-10-11(8-9)16-12(15-10)5-7-19-6-1-2-13(17)18/h3-4,8H,1-2,5-7H2,(H,15,16)(H,17,18). The second kappa shape index (κ2) is 6.56. The minimum Gasteiger partial charge on any atom is -0.481 e. The number of thioether (sulfide) groups is 1. The number of carboxylic acid groups (broad SMARTS) is 1. The molecule has 6 heteroatoms. The van der Waals surface area contributed by atoms with Crippen molar-refractivity contribution in [3.8, 4) is 0 Å². The summed E-state index contributed by atoms with van der Waals surface area (Å²) in [7, 11) is 0. The molecule has 2 rings (SSSR count). The van der Waals surface area contributed by atoms with Crippen molar-refractivity contribution in [1.82, 2.24) is 9.97 Å². The third-order valence-electron chi connectivity index (χ3n) is 2.66. The SMILES string of the molecule is O=C(O)CCCSCCc1nc2ccc(F)cc2[nH]1. The summed E-state index contributed by atoms with van der Waals surface area (Å²) in [5.41, 5.74) is 1.48. The van der Waals surface area contributed by atoms with Crippen molar-refractivity contribution in [2.24, 2.45) is 0 Å². The Bertz CT molecular complexity index is 571. The van der Waals surface area contributed by atoms with Gasteiger partial charge in [-0.15, -0.1) is 0 Å². The molecule has 0 spiro atoms. The van der Waals surface area contributed by atoms with Gasteiger partial charge in [-0.25, -0.2) is 9.37 Å². The van der Waals surface area contributed by atoms with Gasteiger partial charge in [0.15, 0.2) is 0 Å². The van der Waals surface area contributed by atoms with Crippen LogP contribution in [0.15, 0.2) is 18.2 Å². The maximum atomic E-state index is 13.0. The quantitative estimate of drug-likeness (QED) is 0.766. The molecule has 1 aromatic heterocycles. The molecule has 4 nitrogen and oxygen atoms in total. The fourth-order valence-corrected chi connectivity index (χ4v) is 2.64. The number of nitrogens with zero attached hydrogens (tertiary/aromatic N) is 1. The number of fused-ring (bicyclic) bond motifs is 1. The molecule has 0 saturated carbocycles. The second-order valence-electron chi connectivity index (χ2n) is 4.20. The summed E-state index contributed by atoms with van der Waals surface area (Å²) in [5, 5.41) is 8.50. The maximum absolute atomic E-state index is 13.0. The molecule has 0 atom stereocenters. The summed E-state index contributed by atoms with van der Waals surface area (Å²) in [6.45, 7) is 0. The van der Waals surface area contributed by atoms with Crippen LogP contribution < -0.4 is 0 Å². The van der Waals surface area contributed by atoms with E-state index in [2.05, 4.69) is 9.97 Å². The number of nitrogens with one attached hydrogen (secondary N) is 1. The average molecular weight is 282 g/mol. The van der Waals surface area contributed by atoms with Crippen LogP contribution in [0.1, 0.15) is 18.7 Å². The summed E-state index contributed by atoms with van der Waals surface area (Å²) in [4.78, 5) is 17.8. The molecule has 2 aromatic rings. The molecule has 1 heterocycles. The molecule has 0 amide bonds. The van der Waals surface area contributed by atoms with E-state index in [1.54, 1.807) is 17.8 Å². The van der Waals surface area contributed by atoms with Crippen molar-refractivity contribution >= 4 is 28.8 Å². The smallest absolute Gasteiger partial charge is 0.303 e. The molecule has 1 aromatic carbocycles. The van der Waals surface area contributed by atoms with E-state index in [0.29, 0.717) is 11.9 Å². The van der Waals surface area contributed by atoms with E-state index in [-0.39, 0.29) is 12.2 Å². The van der Waals surface area contributed by atoms with E-state index in [0.717, 1.165) is 29.3 Å². The fourth-order valence-electron chi connectivity index (χ4n) is 1.75. The van der Waals surface area contributed by atoms with Gasteiger partial charge in [0.05, 0.1) is 11.0 Å². The number of hydrogen-bond donors (Lipinski definition) is 2. The zero-order valence-electron chi connectivity index (χ0n) is 10.4. The lowest BCUT2D eigenvalue weighted by Crippen LogP contribution is -1.96. The predicted molar refractivity (Wildman–Crippen MR) is 74.0 cm³/mol. The molecule has 0 radical (unpaired) electrons. The van der Waals surface area contributed by atoms with Gasteiger partial charge in [0.2, 0.25) is 0 Å². The number of benzene rings is 1.